The van der Waals surface area contributed by atoms with Crippen LogP contribution in [0.2, 0.25) is 0 Å². The van der Waals surface area contributed by atoms with Crippen LogP contribution >= 0.6 is 15.6 Å². The van der Waals surface area contributed by atoms with Crippen molar-refractivity contribution in [1.82, 2.24) is 0 Å². The number of carbonyl (C=O) groups excluding carboxylic acids is 4. The van der Waals surface area contributed by atoms with Gasteiger partial charge in [0.15, 0.2) is 12.2 Å². The van der Waals surface area contributed by atoms with Gasteiger partial charge in [0.2, 0.25) is 0 Å². The molecule has 0 heterocycles. The van der Waals surface area contributed by atoms with Crippen molar-refractivity contribution in [3.63, 3.8) is 0 Å². The average Bonchev–Trinajstić information content (AvgIpc) is 0.924. The summed E-state index contributed by atoms with van der Waals surface area (Å²) in [6.45, 7) is 14.3. The second-order valence-corrected chi connectivity index (χ2v) is 34.9. The summed E-state index contributed by atoms with van der Waals surface area (Å²) in [4.78, 5) is 73.2. The molecule has 0 aromatic rings. The maximum Gasteiger partial charge on any atom is 0.472 e. The number of esters is 4. The van der Waals surface area contributed by atoms with Gasteiger partial charge in [-0.25, -0.2) is 9.13 Å². The standard InChI is InChI=1S/C85H166O17P2/c1-9-77(7)63-55-47-39-33-27-21-16-18-24-30-36-42-52-60-68-85(90)102-81(72-96-83(88)66-58-50-44-43-48-56-64-78(8)10-2)74-100-104(93,94)98-70-79(86)69-97-103(91,92)99-73-80(101-84(89)67-59-51-41-35-29-23-17-15-20-26-32-38-46-54-62-76(5)6)71-95-82(87)65-57-49-40-34-28-22-14-12-11-13-19-25-31-37-45-53-61-75(3)4/h75-81,86H,9-74H2,1-8H3,(H,91,92)(H,93,94)/t77?,78?,79-,80-,81-/m1/s1. The number of hydrogen-bond acceptors (Lipinski definition) is 15. The normalized spacial score (nSPS) is 14.5. The van der Waals surface area contributed by atoms with Gasteiger partial charge in [0, 0.05) is 25.7 Å². The van der Waals surface area contributed by atoms with Crippen LogP contribution in [0.5, 0.6) is 0 Å². The van der Waals surface area contributed by atoms with E-state index in [0.717, 1.165) is 120 Å². The van der Waals surface area contributed by atoms with Crippen molar-refractivity contribution in [2.24, 2.45) is 23.7 Å². The van der Waals surface area contributed by atoms with E-state index in [4.69, 9.17) is 37.0 Å². The monoisotopic (exact) mass is 1520 g/mol. The van der Waals surface area contributed by atoms with Gasteiger partial charge in [-0.15, -0.1) is 0 Å². The van der Waals surface area contributed by atoms with Crippen molar-refractivity contribution in [1.29, 1.82) is 0 Å². The van der Waals surface area contributed by atoms with Crippen molar-refractivity contribution < 1.29 is 80.2 Å². The fourth-order valence-electron chi connectivity index (χ4n) is 13.1. The molecule has 0 aliphatic carbocycles. The van der Waals surface area contributed by atoms with Crippen LogP contribution in [-0.4, -0.2) is 96.7 Å². The summed E-state index contributed by atoms with van der Waals surface area (Å²) in [6, 6.07) is 0. The summed E-state index contributed by atoms with van der Waals surface area (Å²) < 4.78 is 68.9. The molecule has 0 aliphatic heterocycles. The van der Waals surface area contributed by atoms with E-state index in [1.54, 1.807) is 0 Å². The molecule has 19 heteroatoms. The van der Waals surface area contributed by atoms with Crippen LogP contribution in [0.25, 0.3) is 0 Å². The molecule has 0 rings (SSSR count). The number of phosphoric ester groups is 2. The highest BCUT2D eigenvalue weighted by Crippen LogP contribution is 2.45. The molecule has 0 aliphatic rings. The Labute approximate surface area is 638 Å². The van der Waals surface area contributed by atoms with E-state index >= 15 is 0 Å². The minimum absolute atomic E-state index is 0.107. The predicted molar refractivity (Wildman–Crippen MR) is 428 cm³/mol. The molecule has 4 unspecified atom stereocenters. The first-order valence-electron chi connectivity index (χ1n) is 43.8. The van der Waals surface area contributed by atoms with Gasteiger partial charge in [-0.05, 0) is 49.4 Å². The maximum absolute atomic E-state index is 13.1. The van der Waals surface area contributed by atoms with Crippen molar-refractivity contribution in [3.05, 3.63) is 0 Å². The topological polar surface area (TPSA) is 237 Å². The van der Waals surface area contributed by atoms with Crippen LogP contribution in [0, 0.1) is 23.7 Å². The number of rotatable bonds is 82. The number of aliphatic hydroxyl groups is 1. The molecule has 0 saturated carbocycles. The maximum atomic E-state index is 13.1. The first-order chi connectivity index (χ1) is 50.2. The highest BCUT2D eigenvalue weighted by atomic mass is 31.2. The fourth-order valence-corrected chi connectivity index (χ4v) is 14.7. The zero-order valence-corrected chi connectivity index (χ0v) is 70.5. The molecule has 0 bridgehead atoms. The second-order valence-electron chi connectivity index (χ2n) is 32.0. The van der Waals surface area contributed by atoms with Crippen LogP contribution < -0.4 is 0 Å². The van der Waals surface area contributed by atoms with Gasteiger partial charge >= 0.3 is 39.5 Å². The van der Waals surface area contributed by atoms with E-state index in [9.17, 15) is 43.2 Å². The lowest BCUT2D eigenvalue weighted by molar-refractivity contribution is -0.161. The highest BCUT2D eigenvalue weighted by molar-refractivity contribution is 7.47. The van der Waals surface area contributed by atoms with E-state index in [1.165, 1.54) is 238 Å². The molecule has 0 aromatic carbocycles. The molecule has 0 spiro atoms. The smallest absolute Gasteiger partial charge is 0.462 e. The minimum Gasteiger partial charge on any atom is -0.462 e. The summed E-state index contributed by atoms with van der Waals surface area (Å²) in [7, 11) is -9.93. The van der Waals surface area contributed by atoms with Gasteiger partial charge in [0.05, 0.1) is 26.4 Å². The Balaban J connectivity index is 5.24. The Kier molecular flexibility index (Phi) is 72.5. The summed E-state index contributed by atoms with van der Waals surface area (Å²) in [5.74, 6) is 1.07. The molecule has 17 nitrogen and oxygen atoms in total. The molecule has 104 heavy (non-hydrogen) atoms. The third-order valence-electron chi connectivity index (χ3n) is 20.5. The van der Waals surface area contributed by atoms with E-state index in [1.807, 2.05) is 0 Å². The number of unbranched alkanes of at least 4 members (excludes halogenated alkanes) is 46. The zero-order chi connectivity index (χ0) is 76.7. The van der Waals surface area contributed by atoms with Gasteiger partial charge in [0.1, 0.15) is 19.3 Å². The van der Waals surface area contributed by atoms with Gasteiger partial charge in [-0.1, -0.05) is 389 Å². The Hall–Kier alpha value is -1.94. The number of phosphoric acid groups is 2. The van der Waals surface area contributed by atoms with Gasteiger partial charge in [-0.3, -0.25) is 37.3 Å². The van der Waals surface area contributed by atoms with Crippen molar-refractivity contribution in [2.45, 2.75) is 459 Å². The second kappa shape index (κ2) is 73.8. The van der Waals surface area contributed by atoms with Crippen molar-refractivity contribution in [3.8, 4) is 0 Å². The van der Waals surface area contributed by atoms with E-state index in [-0.39, 0.29) is 25.7 Å². The Morgan fingerprint density at radius 3 is 0.683 bits per heavy atom. The van der Waals surface area contributed by atoms with Crippen LogP contribution in [-0.2, 0) is 65.4 Å². The molecule has 0 radical (unpaired) electrons. The van der Waals surface area contributed by atoms with Crippen LogP contribution in [0.3, 0.4) is 0 Å². The highest BCUT2D eigenvalue weighted by Gasteiger charge is 2.30. The number of hydrogen-bond donors (Lipinski definition) is 3. The molecule has 0 amide bonds. The van der Waals surface area contributed by atoms with Crippen LogP contribution in [0.15, 0.2) is 0 Å². The van der Waals surface area contributed by atoms with E-state index < -0.39 is 97.5 Å². The summed E-state index contributed by atoms with van der Waals surface area (Å²) in [6.07, 6.45) is 62.4. The Morgan fingerprint density at radius 2 is 0.462 bits per heavy atom. The lowest BCUT2D eigenvalue weighted by atomic mass is 9.99. The lowest BCUT2D eigenvalue weighted by Crippen LogP contribution is -2.30. The largest absolute Gasteiger partial charge is 0.472 e. The lowest BCUT2D eigenvalue weighted by Gasteiger charge is -2.21. The van der Waals surface area contributed by atoms with E-state index in [0.29, 0.717) is 25.7 Å². The summed E-state index contributed by atoms with van der Waals surface area (Å²) in [5.41, 5.74) is 0. The zero-order valence-electron chi connectivity index (χ0n) is 68.7. The molecule has 0 fully saturated rings. The van der Waals surface area contributed by atoms with Crippen molar-refractivity contribution >= 4 is 39.5 Å². The number of aliphatic hydroxyl groups excluding tert-OH is 1. The predicted octanol–water partition coefficient (Wildman–Crippen LogP) is 25.6. The number of carbonyl (C=O) groups is 4. The van der Waals surface area contributed by atoms with E-state index in [2.05, 4.69) is 55.4 Å². The van der Waals surface area contributed by atoms with Gasteiger partial charge < -0.3 is 33.8 Å². The Bertz CT molecular complexity index is 2030. The SMILES string of the molecule is CCC(C)CCCCCCCCCCCCCCCCC(=O)O[C@H](COC(=O)CCCCCCCCC(C)CC)COP(=O)(O)OC[C@H](O)COP(=O)(O)OC[C@@H](COC(=O)CCCCCCCCCCCCCCCCCCC(C)C)OC(=O)CCCCCCCCCCCCCCCCC(C)C. The first kappa shape index (κ1) is 102. The molecule has 3 N–H and O–H groups in total. The molecule has 618 valence electrons. The minimum atomic E-state index is -4.97. The van der Waals surface area contributed by atoms with Gasteiger partial charge in [-0.2, -0.15) is 0 Å². The fraction of sp³-hybridized carbons (Fsp3) is 0.953. The summed E-state index contributed by atoms with van der Waals surface area (Å²) >= 11 is 0. The molecule has 7 atom stereocenters. The number of ether oxygens (including phenoxy) is 4. The van der Waals surface area contributed by atoms with Crippen LogP contribution in [0.4, 0.5) is 0 Å². The third-order valence-corrected chi connectivity index (χ3v) is 22.4. The molecule has 0 aromatic heterocycles. The molecular formula is C85H166O17P2. The first-order valence-corrected chi connectivity index (χ1v) is 46.8. The van der Waals surface area contributed by atoms with Crippen molar-refractivity contribution in [2.75, 3.05) is 39.6 Å². The van der Waals surface area contributed by atoms with Crippen LogP contribution in [0.1, 0.15) is 441 Å². The Morgan fingerprint density at radius 1 is 0.269 bits per heavy atom. The summed E-state index contributed by atoms with van der Waals surface area (Å²) in [5, 5.41) is 10.7. The average molecular weight is 1520 g/mol. The third kappa shape index (κ3) is 75.5. The molecular weight excluding hydrogens is 1350 g/mol. The van der Waals surface area contributed by atoms with Gasteiger partial charge in [0.25, 0.3) is 0 Å². The molecule has 0 saturated heterocycles. The quantitative estimate of drug-likeness (QED) is 0.0222.